The standard InChI is InChI=1S/C11H13NO3/c13-6-10(14)11(15)8-5-12-9-4-2-1-3-7(8)9/h1-5,8,10-11,13-15H,6H2. The summed E-state index contributed by atoms with van der Waals surface area (Å²) < 4.78 is 0. The van der Waals surface area contributed by atoms with Gasteiger partial charge in [-0.05, 0) is 11.6 Å². The number of aliphatic imine (C=N–C) groups is 1. The Bertz CT molecular complexity index is 378. The molecule has 15 heavy (non-hydrogen) atoms. The van der Waals surface area contributed by atoms with Crippen LogP contribution in [0.5, 0.6) is 0 Å². The second-order valence-corrected chi connectivity index (χ2v) is 3.60. The van der Waals surface area contributed by atoms with E-state index in [1.807, 2.05) is 24.3 Å². The largest absolute Gasteiger partial charge is 0.394 e. The number of hydrogen-bond acceptors (Lipinski definition) is 4. The first-order chi connectivity index (χ1) is 7.24. The summed E-state index contributed by atoms with van der Waals surface area (Å²) in [4.78, 5) is 4.14. The van der Waals surface area contributed by atoms with Crippen molar-refractivity contribution in [2.24, 2.45) is 4.99 Å². The second-order valence-electron chi connectivity index (χ2n) is 3.60. The lowest BCUT2D eigenvalue weighted by Gasteiger charge is -2.20. The zero-order chi connectivity index (χ0) is 10.8. The Kier molecular flexibility index (Phi) is 2.81. The molecule has 4 heteroatoms. The van der Waals surface area contributed by atoms with Crippen LogP contribution in [0.25, 0.3) is 0 Å². The number of benzene rings is 1. The van der Waals surface area contributed by atoms with Gasteiger partial charge in [-0.15, -0.1) is 0 Å². The molecule has 0 aromatic heterocycles. The highest BCUT2D eigenvalue weighted by Gasteiger charge is 2.30. The number of aliphatic hydroxyl groups is 3. The molecule has 0 radical (unpaired) electrons. The zero-order valence-corrected chi connectivity index (χ0v) is 8.11. The molecule has 0 saturated carbocycles. The molecule has 1 aromatic carbocycles. The molecule has 1 aliphatic rings. The maximum absolute atomic E-state index is 9.76. The fraction of sp³-hybridized carbons (Fsp3) is 0.364. The van der Waals surface area contributed by atoms with Crippen molar-refractivity contribution in [1.82, 2.24) is 0 Å². The molecule has 4 nitrogen and oxygen atoms in total. The number of hydrogen-bond donors (Lipinski definition) is 3. The van der Waals surface area contributed by atoms with Gasteiger partial charge >= 0.3 is 0 Å². The monoisotopic (exact) mass is 207 g/mol. The van der Waals surface area contributed by atoms with Crippen LogP contribution in [0.3, 0.4) is 0 Å². The molecule has 3 atom stereocenters. The normalized spacial score (nSPS) is 22.5. The van der Waals surface area contributed by atoms with Crippen molar-refractivity contribution in [2.45, 2.75) is 18.1 Å². The van der Waals surface area contributed by atoms with Gasteiger partial charge in [-0.3, -0.25) is 4.99 Å². The van der Waals surface area contributed by atoms with Crippen LogP contribution in [0.1, 0.15) is 11.5 Å². The molecule has 0 saturated heterocycles. The van der Waals surface area contributed by atoms with Gasteiger partial charge in [0.25, 0.3) is 0 Å². The summed E-state index contributed by atoms with van der Waals surface area (Å²) >= 11 is 0. The van der Waals surface area contributed by atoms with Gasteiger partial charge in [0.2, 0.25) is 0 Å². The van der Waals surface area contributed by atoms with E-state index < -0.39 is 18.8 Å². The number of rotatable bonds is 3. The van der Waals surface area contributed by atoms with Gasteiger partial charge in [0, 0.05) is 6.21 Å². The molecule has 0 fully saturated rings. The highest BCUT2D eigenvalue weighted by Crippen LogP contribution is 2.34. The van der Waals surface area contributed by atoms with Gasteiger partial charge < -0.3 is 15.3 Å². The van der Waals surface area contributed by atoms with Crippen LogP contribution >= 0.6 is 0 Å². The summed E-state index contributed by atoms with van der Waals surface area (Å²) in [5.41, 5.74) is 1.70. The van der Waals surface area contributed by atoms with Crippen molar-refractivity contribution in [3.05, 3.63) is 29.8 Å². The molecule has 80 valence electrons. The molecule has 0 aliphatic carbocycles. The predicted molar refractivity (Wildman–Crippen MR) is 56.4 cm³/mol. The van der Waals surface area contributed by atoms with Gasteiger partial charge in [0.05, 0.1) is 24.3 Å². The summed E-state index contributed by atoms with van der Waals surface area (Å²) in [6.45, 7) is -0.451. The molecule has 0 amide bonds. The number of aliphatic hydroxyl groups excluding tert-OH is 3. The minimum atomic E-state index is -1.13. The first-order valence-corrected chi connectivity index (χ1v) is 4.84. The molecule has 0 spiro atoms. The Morgan fingerprint density at radius 3 is 2.73 bits per heavy atom. The number of para-hydroxylation sites is 1. The third kappa shape index (κ3) is 1.79. The van der Waals surface area contributed by atoms with E-state index in [1.54, 1.807) is 6.21 Å². The zero-order valence-electron chi connectivity index (χ0n) is 8.11. The van der Waals surface area contributed by atoms with Crippen molar-refractivity contribution < 1.29 is 15.3 Å². The van der Waals surface area contributed by atoms with Crippen LogP contribution in [0.2, 0.25) is 0 Å². The first kappa shape index (κ1) is 10.3. The Morgan fingerprint density at radius 2 is 2.00 bits per heavy atom. The molecular weight excluding hydrogens is 194 g/mol. The summed E-state index contributed by atoms with van der Waals surface area (Å²) in [5, 5.41) is 27.9. The lowest BCUT2D eigenvalue weighted by Crippen LogP contribution is -2.34. The van der Waals surface area contributed by atoms with E-state index >= 15 is 0 Å². The molecule has 3 N–H and O–H groups in total. The van der Waals surface area contributed by atoms with Crippen LogP contribution in [-0.4, -0.2) is 40.3 Å². The Morgan fingerprint density at radius 1 is 1.27 bits per heavy atom. The summed E-state index contributed by atoms with van der Waals surface area (Å²) in [6, 6.07) is 7.44. The summed E-state index contributed by atoms with van der Waals surface area (Å²) in [5.74, 6) is -0.330. The van der Waals surface area contributed by atoms with Crippen LogP contribution in [0, 0.1) is 0 Å². The number of nitrogens with zero attached hydrogens (tertiary/aromatic N) is 1. The van der Waals surface area contributed by atoms with Crippen LogP contribution in [0.15, 0.2) is 29.3 Å². The molecule has 1 aromatic rings. The van der Waals surface area contributed by atoms with Crippen molar-refractivity contribution in [2.75, 3.05) is 6.61 Å². The summed E-state index contributed by atoms with van der Waals surface area (Å²) in [7, 11) is 0. The Balaban J connectivity index is 2.24. The maximum atomic E-state index is 9.76. The third-order valence-electron chi connectivity index (χ3n) is 2.62. The van der Waals surface area contributed by atoms with Gasteiger partial charge in [-0.25, -0.2) is 0 Å². The van der Waals surface area contributed by atoms with Crippen molar-refractivity contribution in [3.63, 3.8) is 0 Å². The highest BCUT2D eigenvalue weighted by atomic mass is 16.4. The predicted octanol–water partition coefficient (Wildman–Crippen LogP) is 0.200. The smallest absolute Gasteiger partial charge is 0.104 e. The minimum Gasteiger partial charge on any atom is -0.394 e. The van der Waals surface area contributed by atoms with Gasteiger partial charge in [-0.1, -0.05) is 18.2 Å². The SMILES string of the molecule is OCC(O)C(O)C1C=Nc2ccccc21. The molecule has 3 unspecified atom stereocenters. The highest BCUT2D eigenvalue weighted by molar-refractivity contribution is 5.81. The fourth-order valence-corrected chi connectivity index (χ4v) is 1.75. The van der Waals surface area contributed by atoms with E-state index in [2.05, 4.69) is 4.99 Å². The molecule has 1 heterocycles. The second kappa shape index (κ2) is 4.10. The van der Waals surface area contributed by atoms with E-state index in [-0.39, 0.29) is 5.92 Å². The van der Waals surface area contributed by atoms with Crippen molar-refractivity contribution >= 4 is 11.9 Å². The van der Waals surface area contributed by atoms with Crippen LogP contribution < -0.4 is 0 Å². The number of fused-ring (bicyclic) bond motifs is 1. The van der Waals surface area contributed by atoms with Gasteiger partial charge in [0.15, 0.2) is 0 Å². The van der Waals surface area contributed by atoms with Crippen molar-refractivity contribution in [3.8, 4) is 0 Å². The average molecular weight is 207 g/mol. The van der Waals surface area contributed by atoms with Crippen LogP contribution in [0.4, 0.5) is 5.69 Å². The van der Waals surface area contributed by atoms with E-state index in [0.717, 1.165) is 11.3 Å². The Labute approximate surface area is 87.5 Å². The Hall–Kier alpha value is -1.23. The lowest BCUT2D eigenvalue weighted by molar-refractivity contribution is -0.0166. The third-order valence-corrected chi connectivity index (χ3v) is 2.62. The van der Waals surface area contributed by atoms with Gasteiger partial charge in [0.1, 0.15) is 6.10 Å². The minimum absolute atomic E-state index is 0.330. The van der Waals surface area contributed by atoms with Crippen LogP contribution in [-0.2, 0) is 0 Å². The molecule has 2 rings (SSSR count). The molecular formula is C11H13NO3. The molecule has 1 aliphatic heterocycles. The summed E-state index contributed by atoms with van der Waals surface area (Å²) in [6.07, 6.45) is -0.538. The maximum Gasteiger partial charge on any atom is 0.104 e. The quantitative estimate of drug-likeness (QED) is 0.663. The average Bonchev–Trinajstić information content (AvgIpc) is 2.70. The van der Waals surface area contributed by atoms with Gasteiger partial charge in [-0.2, -0.15) is 0 Å². The van der Waals surface area contributed by atoms with E-state index in [9.17, 15) is 10.2 Å². The fourth-order valence-electron chi connectivity index (χ4n) is 1.75. The van der Waals surface area contributed by atoms with E-state index in [0.29, 0.717) is 0 Å². The van der Waals surface area contributed by atoms with E-state index in [4.69, 9.17) is 5.11 Å². The molecule has 0 bridgehead atoms. The first-order valence-electron chi connectivity index (χ1n) is 4.84. The van der Waals surface area contributed by atoms with E-state index in [1.165, 1.54) is 0 Å². The topological polar surface area (TPSA) is 73.0 Å². The van der Waals surface area contributed by atoms with Crippen molar-refractivity contribution in [1.29, 1.82) is 0 Å². The lowest BCUT2D eigenvalue weighted by atomic mass is 9.92.